The average Bonchev–Trinajstić information content (AvgIpc) is 2.79. The fourth-order valence-corrected chi connectivity index (χ4v) is 7.85. The SMILES string of the molecule is C=C[C@@]1(C)CC(=O)[C@]2(O)C3(C)C(C(OC(=O)CN4CCC(O)CC4)C(O)[C@@]2(C)O1)C(C)(C)CC[C@@H]3O. The van der Waals surface area contributed by atoms with Gasteiger partial charge in [-0.15, -0.1) is 6.58 Å². The summed E-state index contributed by atoms with van der Waals surface area (Å²) in [5.41, 5.74) is -7.28. The third-order valence-electron chi connectivity index (χ3n) is 9.91. The number of Topliss-reactive ketones (excluding diaryl/α,β-unsaturated/α-hetero) is 1. The van der Waals surface area contributed by atoms with E-state index in [0.717, 1.165) is 0 Å². The van der Waals surface area contributed by atoms with Crippen molar-refractivity contribution in [3.63, 3.8) is 0 Å². The third-order valence-corrected chi connectivity index (χ3v) is 9.91. The summed E-state index contributed by atoms with van der Waals surface area (Å²) in [5, 5.41) is 45.3. The Morgan fingerprint density at radius 1 is 1.14 bits per heavy atom. The zero-order valence-corrected chi connectivity index (χ0v) is 22.2. The normalized spacial score (nSPS) is 47.5. The molecule has 4 unspecified atom stereocenters. The Kier molecular flexibility index (Phi) is 6.80. The monoisotopic (exact) mass is 509 g/mol. The molecule has 2 saturated heterocycles. The Bertz CT molecular complexity index is 915. The van der Waals surface area contributed by atoms with Crippen molar-refractivity contribution in [2.75, 3.05) is 19.6 Å². The lowest BCUT2D eigenvalue weighted by Crippen LogP contribution is -2.86. The third kappa shape index (κ3) is 3.81. The van der Waals surface area contributed by atoms with Gasteiger partial charge in [-0.2, -0.15) is 0 Å². The molecule has 4 N–H and O–H groups in total. The maximum atomic E-state index is 13.8. The van der Waals surface area contributed by atoms with E-state index in [1.54, 1.807) is 13.8 Å². The number of esters is 1. The summed E-state index contributed by atoms with van der Waals surface area (Å²) in [6.45, 7) is 13.6. The lowest BCUT2D eigenvalue weighted by Gasteiger charge is -2.71. The standard InChI is InChI=1S/C27H43NO8/c1-7-24(4)14-18(31)27(34)25(5)17(30)8-11-23(2,3)21(25)20(22(33)26(27,6)36-24)35-19(32)15-28-12-9-16(29)10-13-28/h7,16-17,20-22,29-30,33-34H,1,8-15H2,2-6H3/t17-,20?,21?,22?,24-,25?,26+,27-/m0/s1. The topological polar surface area (TPSA) is 137 Å². The molecule has 0 spiro atoms. The molecule has 204 valence electrons. The van der Waals surface area contributed by atoms with Crippen LogP contribution < -0.4 is 0 Å². The number of rotatable bonds is 4. The Balaban J connectivity index is 1.77. The first-order chi connectivity index (χ1) is 16.6. The number of aliphatic hydroxyl groups is 4. The van der Waals surface area contributed by atoms with Crippen LogP contribution in [0.4, 0.5) is 0 Å². The van der Waals surface area contributed by atoms with Crippen molar-refractivity contribution >= 4 is 11.8 Å². The Morgan fingerprint density at radius 3 is 2.33 bits per heavy atom. The zero-order valence-electron chi connectivity index (χ0n) is 22.2. The highest BCUT2D eigenvalue weighted by Gasteiger charge is 2.81. The number of carbonyl (C=O) groups is 2. The molecule has 9 heteroatoms. The molecule has 36 heavy (non-hydrogen) atoms. The minimum atomic E-state index is -2.23. The van der Waals surface area contributed by atoms with Gasteiger partial charge in [0.1, 0.15) is 17.8 Å². The van der Waals surface area contributed by atoms with Crippen molar-refractivity contribution in [3.8, 4) is 0 Å². The summed E-state index contributed by atoms with van der Waals surface area (Å²) in [4.78, 5) is 28.9. The van der Waals surface area contributed by atoms with E-state index in [4.69, 9.17) is 9.47 Å². The van der Waals surface area contributed by atoms with Crippen LogP contribution in [-0.2, 0) is 19.1 Å². The van der Waals surface area contributed by atoms with Crippen molar-refractivity contribution < 1.29 is 39.5 Å². The summed E-state index contributed by atoms with van der Waals surface area (Å²) in [5.74, 6) is -1.80. The quantitative estimate of drug-likeness (QED) is 0.323. The van der Waals surface area contributed by atoms with Crippen LogP contribution in [0.2, 0.25) is 0 Å². The molecule has 0 radical (unpaired) electrons. The van der Waals surface area contributed by atoms with Gasteiger partial charge >= 0.3 is 5.97 Å². The van der Waals surface area contributed by atoms with E-state index < -0.39 is 63.6 Å². The first-order valence-electron chi connectivity index (χ1n) is 13.1. The van der Waals surface area contributed by atoms with Gasteiger partial charge < -0.3 is 29.9 Å². The van der Waals surface area contributed by atoms with Crippen LogP contribution in [0.25, 0.3) is 0 Å². The highest BCUT2D eigenvalue weighted by molar-refractivity contribution is 5.92. The van der Waals surface area contributed by atoms with Crippen LogP contribution in [-0.4, -0.2) is 97.9 Å². The number of ether oxygens (including phenoxy) is 2. The first-order valence-corrected chi connectivity index (χ1v) is 13.1. The Morgan fingerprint density at radius 2 is 1.75 bits per heavy atom. The molecule has 2 aliphatic carbocycles. The van der Waals surface area contributed by atoms with Gasteiger partial charge in [0.25, 0.3) is 0 Å². The van der Waals surface area contributed by atoms with Crippen LogP contribution in [0.1, 0.15) is 66.7 Å². The van der Waals surface area contributed by atoms with E-state index >= 15 is 0 Å². The van der Waals surface area contributed by atoms with Crippen molar-refractivity contribution in [3.05, 3.63) is 12.7 Å². The molecule has 4 fully saturated rings. The van der Waals surface area contributed by atoms with Gasteiger partial charge in [-0.1, -0.05) is 26.8 Å². The van der Waals surface area contributed by atoms with Gasteiger partial charge in [0.15, 0.2) is 11.4 Å². The predicted octanol–water partition coefficient (Wildman–Crippen LogP) is 0.957. The predicted molar refractivity (Wildman–Crippen MR) is 131 cm³/mol. The Labute approximate surface area is 213 Å². The van der Waals surface area contributed by atoms with Gasteiger partial charge in [-0.3, -0.25) is 14.5 Å². The van der Waals surface area contributed by atoms with Crippen molar-refractivity contribution in [2.45, 2.75) is 108 Å². The second-order valence-electron chi connectivity index (χ2n) is 12.7. The number of aliphatic hydroxyl groups excluding tert-OH is 3. The molecule has 0 aromatic rings. The molecule has 4 rings (SSSR count). The molecule has 9 nitrogen and oxygen atoms in total. The highest BCUT2D eigenvalue weighted by Crippen LogP contribution is 2.67. The van der Waals surface area contributed by atoms with E-state index in [1.165, 1.54) is 13.0 Å². The van der Waals surface area contributed by atoms with Crippen molar-refractivity contribution in [1.82, 2.24) is 4.90 Å². The molecule has 8 atom stereocenters. The molecule has 2 aliphatic heterocycles. The second-order valence-corrected chi connectivity index (χ2v) is 12.7. The number of nitrogens with zero attached hydrogens (tertiary/aromatic N) is 1. The summed E-state index contributed by atoms with van der Waals surface area (Å²) in [6, 6.07) is 0. The van der Waals surface area contributed by atoms with Crippen LogP contribution in [0, 0.1) is 16.7 Å². The number of fused-ring (bicyclic) bond motifs is 3. The molecule has 0 aromatic carbocycles. The maximum absolute atomic E-state index is 13.8. The van der Waals surface area contributed by atoms with Crippen LogP contribution in [0.5, 0.6) is 0 Å². The molecule has 0 amide bonds. The lowest BCUT2D eigenvalue weighted by atomic mass is 9.40. The Hall–Kier alpha value is -1.36. The van der Waals surface area contributed by atoms with E-state index in [9.17, 15) is 30.0 Å². The fraction of sp³-hybridized carbons (Fsp3) is 0.852. The molecule has 0 aromatic heterocycles. The zero-order chi connectivity index (χ0) is 26.9. The van der Waals surface area contributed by atoms with Crippen LogP contribution in [0.15, 0.2) is 12.7 Å². The number of hydrogen-bond donors (Lipinski definition) is 4. The van der Waals surface area contributed by atoms with Crippen molar-refractivity contribution in [2.24, 2.45) is 16.7 Å². The first kappa shape index (κ1) is 27.7. The molecule has 2 heterocycles. The molecular formula is C27H43NO8. The van der Waals surface area contributed by atoms with Gasteiger partial charge in [-0.25, -0.2) is 0 Å². The molecular weight excluding hydrogens is 466 g/mol. The van der Waals surface area contributed by atoms with Gasteiger partial charge in [0.2, 0.25) is 0 Å². The summed E-state index contributed by atoms with van der Waals surface area (Å²) < 4.78 is 12.3. The largest absolute Gasteiger partial charge is 0.458 e. The summed E-state index contributed by atoms with van der Waals surface area (Å²) in [6.07, 6.45) is -0.768. The van der Waals surface area contributed by atoms with E-state index in [0.29, 0.717) is 38.8 Å². The molecule has 4 aliphatic rings. The van der Waals surface area contributed by atoms with Gasteiger partial charge in [0.05, 0.1) is 24.4 Å². The maximum Gasteiger partial charge on any atom is 0.320 e. The van der Waals surface area contributed by atoms with Crippen LogP contribution in [0.3, 0.4) is 0 Å². The number of carbonyl (C=O) groups excluding carboxylic acids is 2. The second kappa shape index (κ2) is 8.85. The van der Waals surface area contributed by atoms with Gasteiger partial charge in [0, 0.05) is 30.8 Å². The average molecular weight is 510 g/mol. The minimum absolute atomic E-state index is 0.00645. The lowest BCUT2D eigenvalue weighted by molar-refractivity contribution is -0.370. The summed E-state index contributed by atoms with van der Waals surface area (Å²) in [7, 11) is 0. The number of hydrogen-bond acceptors (Lipinski definition) is 9. The number of likely N-dealkylation sites (tertiary alicyclic amines) is 1. The smallest absolute Gasteiger partial charge is 0.320 e. The highest BCUT2D eigenvalue weighted by atomic mass is 16.6. The molecule has 0 bridgehead atoms. The fourth-order valence-electron chi connectivity index (χ4n) is 7.85. The summed E-state index contributed by atoms with van der Waals surface area (Å²) >= 11 is 0. The molecule has 2 saturated carbocycles. The van der Waals surface area contributed by atoms with E-state index in [-0.39, 0.29) is 19.1 Å². The van der Waals surface area contributed by atoms with Crippen molar-refractivity contribution in [1.29, 1.82) is 0 Å². The minimum Gasteiger partial charge on any atom is -0.458 e. The van der Waals surface area contributed by atoms with Crippen LogP contribution >= 0.6 is 0 Å². The number of ketones is 1. The van der Waals surface area contributed by atoms with Gasteiger partial charge in [-0.05, 0) is 44.9 Å². The number of piperidine rings is 1. The van der Waals surface area contributed by atoms with E-state index in [1.807, 2.05) is 18.7 Å². The van der Waals surface area contributed by atoms with E-state index in [2.05, 4.69) is 6.58 Å².